The van der Waals surface area contributed by atoms with Crippen molar-refractivity contribution in [2.45, 2.75) is 20.0 Å². The monoisotopic (exact) mass is 571 g/mol. The fraction of sp³-hybridized carbons (Fsp3) is 0.375. The SMILES string of the molecule is CCNC(=O)Nc1nc2cc(-c3ccc(CN4CCOCC4)cc3)cc(-c3ccc(CN4CCOCC4)cc3)c2s1. The lowest BCUT2D eigenvalue weighted by Crippen LogP contribution is -2.35. The first kappa shape index (κ1) is 27.8. The van der Waals surface area contributed by atoms with E-state index in [-0.39, 0.29) is 6.03 Å². The Hall–Kier alpha value is -3.34. The van der Waals surface area contributed by atoms with E-state index in [1.807, 2.05) is 6.92 Å². The number of morpholine rings is 2. The Morgan fingerprint density at radius 1 is 0.805 bits per heavy atom. The second-order valence-corrected chi connectivity index (χ2v) is 11.5. The average molecular weight is 572 g/mol. The number of carbonyl (C=O) groups is 1. The lowest BCUT2D eigenvalue weighted by Gasteiger charge is -2.26. The van der Waals surface area contributed by atoms with Crippen molar-refractivity contribution >= 4 is 32.7 Å². The van der Waals surface area contributed by atoms with E-state index in [9.17, 15) is 4.79 Å². The minimum absolute atomic E-state index is 0.239. The van der Waals surface area contributed by atoms with E-state index in [4.69, 9.17) is 14.5 Å². The van der Waals surface area contributed by atoms with Gasteiger partial charge < -0.3 is 14.8 Å². The molecule has 0 spiro atoms. The van der Waals surface area contributed by atoms with Crippen molar-refractivity contribution in [2.24, 2.45) is 0 Å². The molecule has 2 saturated heterocycles. The molecule has 0 bridgehead atoms. The number of aromatic nitrogens is 1. The quantitative estimate of drug-likeness (QED) is 0.294. The summed E-state index contributed by atoms with van der Waals surface area (Å²) in [5.74, 6) is 0. The van der Waals surface area contributed by atoms with Crippen LogP contribution < -0.4 is 10.6 Å². The molecule has 2 aliphatic rings. The van der Waals surface area contributed by atoms with Crippen molar-refractivity contribution in [1.29, 1.82) is 0 Å². The summed E-state index contributed by atoms with van der Waals surface area (Å²) in [6.45, 7) is 11.4. The first-order valence-electron chi connectivity index (χ1n) is 14.4. The third-order valence-electron chi connectivity index (χ3n) is 7.62. The average Bonchev–Trinajstić information content (AvgIpc) is 3.41. The van der Waals surface area contributed by atoms with Gasteiger partial charge in [0.25, 0.3) is 0 Å². The van der Waals surface area contributed by atoms with Crippen molar-refractivity contribution < 1.29 is 14.3 Å². The number of thiazole rings is 1. The van der Waals surface area contributed by atoms with E-state index >= 15 is 0 Å². The largest absolute Gasteiger partial charge is 0.379 e. The molecule has 2 N–H and O–H groups in total. The molecule has 0 unspecified atom stereocenters. The van der Waals surface area contributed by atoms with Crippen LogP contribution in [0.5, 0.6) is 0 Å². The van der Waals surface area contributed by atoms with Crippen LogP contribution in [0.1, 0.15) is 18.1 Å². The molecule has 3 heterocycles. The van der Waals surface area contributed by atoms with Gasteiger partial charge >= 0.3 is 6.03 Å². The molecular formula is C32H37N5O3S. The standard InChI is InChI=1S/C32H37N5O3S/c1-2-33-31(38)35-32-34-29-20-27(25-7-3-23(4-8-25)21-36-11-15-39-16-12-36)19-28(30(29)41-32)26-9-5-24(6-10-26)22-37-13-17-40-18-14-37/h3-10,19-20H,2,11-18,21-22H2,1H3,(H2,33,34,35,38). The maximum absolute atomic E-state index is 12.2. The van der Waals surface area contributed by atoms with Gasteiger partial charge in [0.1, 0.15) is 0 Å². The first-order valence-corrected chi connectivity index (χ1v) is 15.2. The fourth-order valence-electron chi connectivity index (χ4n) is 5.40. The summed E-state index contributed by atoms with van der Waals surface area (Å²) in [6, 6.07) is 21.8. The van der Waals surface area contributed by atoms with E-state index in [0.29, 0.717) is 11.7 Å². The predicted octanol–water partition coefficient (Wildman–Crippen LogP) is 5.44. The molecule has 2 aliphatic heterocycles. The summed E-state index contributed by atoms with van der Waals surface area (Å²) in [6.07, 6.45) is 0. The van der Waals surface area contributed by atoms with Crippen LogP contribution in [-0.2, 0) is 22.6 Å². The van der Waals surface area contributed by atoms with Crippen LogP contribution >= 0.6 is 11.3 Å². The predicted molar refractivity (Wildman–Crippen MR) is 165 cm³/mol. The molecule has 9 heteroatoms. The molecule has 6 rings (SSSR count). The number of urea groups is 1. The minimum Gasteiger partial charge on any atom is -0.379 e. The Labute approximate surface area is 245 Å². The topological polar surface area (TPSA) is 79.0 Å². The lowest BCUT2D eigenvalue weighted by atomic mass is 9.97. The molecule has 4 aromatic rings. The van der Waals surface area contributed by atoms with Gasteiger partial charge in [-0.2, -0.15) is 0 Å². The van der Waals surface area contributed by atoms with Crippen LogP contribution in [0.2, 0.25) is 0 Å². The zero-order chi connectivity index (χ0) is 28.0. The number of nitrogens with one attached hydrogen (secondary N) is 2. The summed E-state index contributed by atoms with van der Waals surface area (Å²) in [5.41, 5.74) is 7.99. The molecule has 2 fully saturated rings. The maximum atomic E-state index is 12.2. The molecular weight excluding hydrogens is 534 g/mol. The maximum Gasteiger partial charge on any atom is 0.321 e. The second kappa shape index (κ2) is 13.1. The van der Waals surface area contributed by atoms with E-state index in [1.165, 1.54) is 22.5 Å². The van der Waals surface area contributed by atoms with Crippen LogP contribution in [-0.4, -0.2) is 80.0 Å². The van der Waals surface area contributed by atoms with Gasteiger partial charge in [-0.25, -0.2) is 9.78 Å². The molecule has 41 heavy (non-hydrogen) atoms. The molecule has 0 radical (unpaired) electrons. The zero-order valence-corrected chi connectivity index (χ0v) is 24.3. The summed E-state index contributed by atoms with van der Waals surface area (Å²) in [5, 5.41) is 6.28. The summed E-state index contributed by atoms with van der Waals surface area (Å²) < 4.78 is 12.1. The summed E-state index contributed by atoms with van der Waals surface area (Å²) in [7, 11) is 0. The smallest absolute Gasteiger partial charge is 0.321 e. The number of rotatable bonds is 8. The van der Waals surface area contributed by atoms with Crippen LogP contribution in [0.3, 0.4) is 0 Å². The number of carbonyl (C=O) groups excluding carboxylic acids is 1. The molecule has 8 nitrogen and oxygen atoms in total. The number of fused-ring (bicyclic) bond motifs is 1. The molecule has 0 aliphatic carbocycles. The number of ether oxygens (including phenoxy) is 2. The van der Waals surface area contributed by atoms with Gasteiger partial charge in [-0.3, -0.25) is 15.1 Å². The van der Waals surface area contributed by atoms with E-state index < -0.39 is 0 Å². The van der Waals surface area contributed by atoms with E-state index in [2.05, 4.69) is 81.1 Å². The minimum atomic E-state index is -0.239. The molecule has 0 atom stereocenters. The molecule has 0 saturated carbocycles. The number of anilines is 1. The second-order valence-electron chi connectivity index (χ2n) is 10.5. The van der Waals surface area contributed by atoms with Gasteiger partial charge in [-0.05, 0) is 46.9 Å². The van der Waals surface area contributed by atoms with Crippen molar-refractivity contribution in [1.82, 2.24) is 20.1 Å². The van der Waals surface area contributed by atoms with E-state index in [0.717, 1.165) is 98.2 Å². The number of hydrogen-bond donors (Lipinski definition) is 2. The summed E-state index contributed by atoms with van der Waals surface area (Å²) in [4.78, 5) is 21.9. The van der Waals surface area contributed by atoms with Gasteiger partial charge in [-0.1, -0.05) is 59.9 Å². The van der Waals surface area contributed by atoms with Crippen molar-refractivity contribution in [3.8, 4) is 22.3 Å². The third kappa shape index (κ3) is 6.94. The van der Waals surface area contributed by atoms with Crippen LogP contribution in [0, 0.1) is 0 Å². The molecule has 2 amide bonds. The lowest BCUT2D eigenvalue weighted by molar-refractivity contribution is 0.0341. The van der Waals surface area contributed by atoms with Crippen LogP contribution in [0.4, 0.5) is 9.93 Å². The Balaban J connectivity index is 1.30. The Bertz CT molecular complexity index is 1460. The normalized spacial score (nSPS) is 16.6. The number of nitrogens with zero attached hydrogens (tertiary/aromatic N) is 3. The Kier molecular flexibility index (Phi) is 8.88. The van der Waals surface area contributed by atoms with Gasteiger partial charge in [0.15, 0.2) is 5.13 Å². The fourth-order valence-corrected chi connectivity index (χ4v) is 6.37. The van der Waals surface area contributed by atoms with Crippen molar-refractivity contribution in [3.63, 3.8) is 0 Å². The van der Waals surface area contributed by atoms with Gasteiger partial charge in [-0.15, -0.1) is 0 Å². The molecule has 214 valence electrons. The number of amides is 2. The number of hydrogen-bond acceptors (Lipinski definition) is 7. The highest BCUT2D eigenvalue weighted by molar-refractivity contribution is 7.22. The number of benzene rings is 3. The highest BCUT2D eigenvalue weighted by Crippen LogP contribution is 2.39. The highest BCUT2D eigenvalue weighted by atomic mass is 32.1. The molecule has 1 aromatic heterocycles. The Morgan fingerprint density at radius 2 is 1.37 bits per heavy atom. The third-order valence-corrected chi connectivity index (χ3v) is 8.64. The van der Waals surface area contributed by atoms with Crippen molar-refractivity contribution in [2.75, 3.05) is 64.5 Å². The molecule has 3 aromatic carbocycles. The van der Waals surface area contributed by atoms with Crippen LogP contribution in [0.15, 0.2) is 60.7 Å². The summed E-state index contributed by atoms with van der Waals surface area (Å²) >= 11 is 1.51. The van der Waals surface area contributed by atoms with Gasteiger partial charge in [0, 0.05) is 51.4 Å². The van der Waals surface area contributed by atoms with Crippen LogP contribution in [0.25, 0.3) is 32.5 Å². The zero-order valence-electron chi connectivity index (χ0n) is 23.5. The Morgan fingerprint density at radius 3 is 1.93 bits per heavy atom. The van der Waals surface area contributed by atoms with Crippen molar-refractivity contribution in [3.05, 3.63) is 71.8 Å². The highest BCUT2D eigenvalue weighted by Gasteiger charge is 2.16. The van der Waals surface area contributed by atoms with E-state index in [1.54, 1.807) is 0 Å². The van der Waals surface area contributed by atoms with Gasteiger partial charge in [0.05, 0.1) is 36.6 Å². The van der Waals surface area contributed by atoms with Gasteiger partial charge in [0.2, 0.25) is 0 Å². The first-order chi connectivity index (χ1) is 20.1.